The summed E-state index contributed by atoms with van der Waals surface area (Å²) in [5, 5.41) is 0. The van der Waals surface area contributed by atoms with Gasteiger partial charge in [-0.25, -0.2) is 4.79 Å². The molecule has 1 aliphatic heterocycles. The van der Waals surface area contributed by atoms with Gasteiger partial charge in [0.15, 0.2) is 0 Å². The molecule has 78 valence electrons. The summed E-state index contributed by atoms with van der Waals surface area (Å²) in [7, 11) is 0. The van der Waals surface area contributed by atoms with Crippen LogP contribution in [-0.2, 0) is 0 Å². The Bertz CT molecular complexity index is 229. The number of rotatable bonds is 3. The zero-order chi connectivity index (χ0) is 9.97. The van der Waals surface area contributed by atoms with E-state index in [4.69, 9.17) is 0 Å². The third-order valence-corrected chi connectivity index (χ3v) is 2.94. The van der Waals surface area contributed by atoms with Gasteiger partial charge in [-0.05, 0) is 25.7 Å². The molecule has 0 aromatic rings. The second-order valence-electron chi connectivity index (χ2n) is 4.15. The number of hydrogen-bond acceptors (Lipinski definition) is 1. The van der Waals surface area contributed by atoms with E-state index in [1.807, 2.05) is 15.9 Å². The molecule has 0 spiro atoms. The quantitative estimate of drug-likeness (QED) is 0.629. The molecule has 1 aliphatic carbocycles. The lowest BCUT2D eigenvalue weighted by atomic mass is 10.4. The highest BCUT2D eigenvalue weighted by atomic mass is 16.2. The first-order valence-electron chi connectivity index (χ1n) is 5.49. The van der Waals surface area contributed by atoms with Crippen LogP contribution in [0.3, 0.4) is 0 Å². The van der Waals surface area contributed by atoms with E-state index in [-0.39, 0.29) is 6.03 Å². The summed E-state index contributed by atoms with van der Waals surface area (Å²) in [6, 6.07) is 0.728. The number of nitrogens with zero attached hydrogens (tertiary/aromatic N) is 2. The van der Waals surface area contributed by atoms with Gasteiger partial charge in [0.2, 0.25) is 0 Å². The Labute approximate surface area is 85.4 Å². The summed E-state index contributed by atoms with van der Waals surface area (Å²) in [5.41, 5.74) is 0. The van der Waals surface area contributed by atoms with E-state index in [1.165, 1.54) is 25.7 Å². The lowest BCUT2D eigenvalue weighted by Crippen LogP contribution is -2.43. The average molecular weight is 194 g/mol. The van der Waals surface area contributed by atoms with Crippen molar-refractivity contribution in [1.29, 1.82) is 0 Å². The van der Waals surface area contributed by atoms with Gasteiger partial charge in [0, 0.05) is 25.7 Å². The van der Waals surface area contributed by atoms with Crippen LogP contribution in [-0.4, -0.2) is 41.5 Å². The van der Waals surface area contributed by atoms with Crippen molar-refractivity contribution >= 4 is 6.03 Å². The Morgan fingerprint density at radius 2 is 2.07 bits per heavy atom. The first kappa shape index (κ1) is 9.56. The van der Waals surface area contributed by atoms with Gasteiger partial charge in [-0.3, -0.25) is 0 Å². The van der Waals surface area contributed by atoms with Gasteiger partial charge in [-0.1, -0.05) is 6.08 Å². The van der Waals surface area contributed by atoms with Crippen molar-refractivity contribution in [3.63, 3.8) is 0 Å². The molecular weight excluding hydrogens is 176 g/mol. The molecule has 2 aliphatic rings. The van der Waals surface area contributed by atoms with Crippen LogP contribution >= 0.6 is 0 Å². The average Bonchev–Trinajstić information content (AvgIpc) is 2.88. The molecule has 0 bridgehead atoms. The number of amides is 2. The number of urea groups is 1. The lowest BCUT2D eigenvalue weighted by Gasteiger charge is -2.26. The van der Waals surface area contributed by atoms with Gasteiger partial charge in [0.25, 0.3) is 0 Å². The van der Waals surface area contributed by atoms with E-state index in [0.29, 0.717) is 12.6 Å². The van der Waals surface area contributed by atoms with Gasteiger partial charge >= 0.3 is 6.03 Å². The van der Waals surface area contributed by atoms with E-state index in [0.717, 1.165) is 13.1 Å². The summed E-state index contributed by atoms with van der Waals surface area (Å²) in [6.07, 6.45) is 6.50. The van der Waals surface area contributed by atoms with Gasteiger partial charge in [-0.2, -0.15) is 0 Å². The minimum atomic E-state index is 0.227. The SMILES string of the molecule is C=CCN(C(=O)N1CCCC1)C1CC1. The second kappa shape index (κ2) is 4.03. The molecule has 2 amide bonds. The van der Waals surface area contributed by atoms with Crippen LogP contribution in [0.4, 0.5) is 4.79 Å². The van der Waals surface area contributed by atoms with E-state index < -0.39 is 0 Å². The second-order valence-corrected chi connectivity index (χ2v) is 4.15. The predicted molar refractivity (Wildman–Crippen MR) is 56.1 cm³/mol. The van der Waals surface area contributed by atoms with E-state index in [9.17, 15) is 4.79 Å². The number of carbonyl (C=O) groups is 1. The van der Waals surface area contributed by atoms with Crippen LogP contribution < -0.4 is 0 Å². The smallest absolute Gasteiger partial charge is 0.320 e. The topological polar surface area (TPSA) is 23.6 Å². The van der Waals surface area contributed by atoms with Gasteiger partial charge in [-0.15, -0.1) is 6.58 Å². The first-order valence-corrected chi connectivity index (χ1v) is 5.49. The van der Waals surface area contributed by atoms with Crippen LogP contribution in [0.15, 0.2) is 12.7 Å². The minimum absolute atomic E-state index is 0.227. The summed E-state index contributed by atoms with van der Waals surface area (Å²) in [4.78, 5) is 16.0. The fourth-order valence-corrected chi connectivity index (χ4v) is 2.00. The zero-order valence-electron chi connectivity index (χ0n) is 8.61. The van der Waals surface area contributed by atoms with Gasteiger partial charge in [0.05, 0.1) is 0 Å². The molecule has 1 saturated heterocycles. The molecule has 0 radical (unpaired) electrons. The summed E-state index contributed by atoms with van der Waals surface area (Å²) in [6.45, 7) is 6.30. The van der Waals surface area contributed by atoms with E-state index in [1.54, 1.807) is 0 Å². The molecule has 0 atom stereocenters. The predicted octanol–water partition coefficient (Wildman–Crippen LogP) is 1.85. The Morgan fingerprint density at radius 3 is 2.57 bits per heavy atom. The van der Waals surface area contributed by atoms with Crippen molar-refractivity contribution < 1.29 is 4.79 Å². The standard InChI is InChI=1S/C11H18N2O/c1-2-7-13(10-5-6-10)11(14)12-8-3-4-9-12/h2,10H,1,3-9H2. The normalized spacial score (nSPS) is 21.0. The number of hydrogen-bond donors (Lipinski definition) is 0. The molecule has 1 saturated carbocycles. The maximum absolute atomic E-state index is 12.0. The maximum atomic E-state index is 12.0. The molecule has 0 unspecified atom stereocenters. The van der Waals surface area contributed by atoms with Crippen LogP contribution in [0.25, 0.3) is 0 Å². The molecule has 0 N–H and O–H groups in total. The third-order valence-electron chi connectivity index (χ3n) is 2.94. The maximum Gasteiger partial charge on any atom is 0.320 e. The zero-order valence-corrected chi connectivity index (χ0v) is 8.61. The van der Waals surface area contributed by atoms with Crippen molar-refractivity contribution in [3.05, 3.63) is 12.7 Å². The molecule has 1 heterocycles. The van der Waals surface area contributed by atoms with Crippen molar-refractivity contribution in [3.8, 4) is 0 Å². The molecule has 2 fully saturated rings. The molecule has 0 aromatic heterocycles. The van der Waals surface area contributed by atoms with Crippen molar-refractivity contribution in [2.45, 2.75) is 31.7 Å². The monoisotopic (exact) mass is 194 g/mol. The fraction of sp³-hybridized carbons (Fsp3) is 0.727. The summed E-state index contributed by atoms with van der Waals surface area (Å²) < 4.78 is 0. The fourth-order valence-electron chi connectivity index (χ4n) is 2.00. The highest BCUT2D eigenvalue weighted by Gasteiger charge is 2.34. The van der Waals surface area contributed by atoms with Crippen LogP contribution in [0, 0.1) is 0 Å². The number of likely N-dealkylation sites (tertiary alicyclic amines) is 1. The van der Waals surface area contributed by atoms with Gasteiger partial charge < -0.3 is 9.80 Å². The van der Waals surface area contributed by atoms with Crippen LogP contribution in [0.2, 0.25) is 0 Å². The molecule has 3 nitrogen and oxygen atoms in total. The Balaban J connectivity index is 1.94. The minimum Gasteiger partial charge on any atom is -0.325 e. The van der Waals surface area contributed by atoms with E-state index in [2.05, 4.69) is 6.58 Å². The molecular formula is C11H18N2O. The first-order chi connectivity index (χ1) is 6.83. The third kappa shape index (κ3) is 1.91. The Hall–Kier alpha value is -0.990. The molecule has 14 heavy (non-hydrogen) atoms. The molecule has 3 heteroatoms. The van der Waals surface area contributed by atoms with Crippen molar-refractivity contribution in [1.82, 2.24) is 9.80 Å². The van der Waals surface area contributed by atoms with Crippen LogP contribution in [0.5, 0.6) is 0 Å². The lowest BCUT2D eigenvalue weighted by molar-refractivity contribution is 0.165. The highest BCUT2D eigenvalue weighted by molar-refractivity contribution is 5.75. The Morgan fingerprint density at radius 1 is 1.43 bits per heavy atom. The summed E-state index contributed by atoms with van der Waals surface area (Å²) >= 11 is 0. The van der Waals surface area contributed by atoms with E-state index >= 15 is 0 Å². The van der Waals surface area contributed by atoms with Gasteiger partial charge in [0.1, 0.15) is 0 Å². The largest absolute Gasteiger partial charge is 0.325 e. The molecule has 0 aromatic carbocycles. The van der Waals surface area contributed by atoms with Crippen molar-refractivity contribution in [2.24, 2.45) is 0 Å². The Kier molecular flexibility index (Phi) is 2.75. The molecule has 2 rings (SSSR count). The van der Waals surface area contributed by atoms with Crippen molar-refractivity contribution in [2.75, 3.05) is 19.6 Å². The highest BCUT2D eigenvalue weighted by Crippen LogP contribution is 2.28. The van der Waals surface area contributed by atoms with Crippen LogP contribution in [0.1, 0.15) is 25.7 Å². The summed E-state index contributed by atoms with van der Waals surface area (Å²) in [5.74, 6) is 0. The number of carbonyl (C=O) groups excluding carboxylic acids is 1.